The fourth-order valence-electron chi connectivity index (χ4n) is 1.92. The standard InChI is InChI=1S/C16H14FNO5S/c1-23-14-8-6-11(7-9-16(19)20)10-15(14)24(21,22)18-13-5-3-2-4-12(13)17/h2-10,18H,1H3,(H,19,20). The number of ether oxygens (including phenoxy) is 1. The maximum atomic E-state index is 13.7. The van der Waals surface area contributed by atoms with E-state index in [0.717, 1.165) is 12.1 Å². The van der Waals surface area contributed by atoms with E-state index in [1.165, 1.54) is 49.6 Å². The monoisotopic (exact) mass is 351 g/mol. The number of aliphatic carboxylic acids is 1. The number of benzene rings is 2. The van der Waals surface area contributed by atoms with Crippen molar-refractivity contribution in [3.8, 4) is 5.75 Å². The van der Waals surface area contributed by atoms with Crippen molar-refractivity contribution < 1.29 is 27.4 Å². The molecule has 0 bridgehead atoms. The molecule has 0 saturated carbocycles. The van der Waals surface area contributed by atoms with Crippen LogP contribution < -0.4 is 9.46 Å². The van der Waals surface area contributed by atoms with Crippen molar-refractivity contribution in [2.45, 2.75) is 4.90 Å². The zero-order valence-electron chi connectivity index (χ0n) is 12.6. The van der Waals surface area contributed by atoms with E-state index in [2.05, 4.69) is 4.72 Å². The van der Waals surface area contributed by atoms with Gasteiger partial charge in [0, 0.05) is 6.08 Å². The van der Waals surface area contributed by atoms with Gasteiger partial charge in [-0.25, -0.2) is 17.6 Å². The minimum atomic E-state index is -4.14. The first-order chi connectivity index (χ1) is 11.3. The summed E-state index contributed by atoms with van der Waals surface area (Å²) in [5, 5.41) is 8.65. The van der Waals surface area contributed by atoms with Crippen molar-refractivity contribution >= 4 is 27.8 Å². The topological polar surface area (TPSA) is 92.7 Å². The largest absolute Gasteiger partial charge is 0.495 e. The highest BCUT2D eigenvalue weighted by Crippen LogP contribution is 2.28. The lowest BCUT2D eigenvalue weighted by molar-refractivity contribution is -0.131. The van der Waals surface area contributed by atoms with Gasteiger partial charge in [0.1, 0.15) is 16.5 Å². The van der Waals surface area contributed by atoms with Crippen LogP contribution in [0.2, 0.25) is 0 Å². The molecule has 0 amide bonds. The molecule has 0 saturated heterocycles. The molecule has 0 aromatic heterocycles. The number of rotatable bonds is 6. The minimum Gasteiger partial charge on any atom is -0.495 e. The van der Waals surface area contributed by atoms with E-state index in [4.69, 9.17) is 9.84 Å². The maximum absolute atomic E-state index is 13.7. The Morgan fingerprint density at radius 1 is 1.25 bits per heavy atom. The van der Waals surface area contributed by atoms with Crippen molar-refractivity contribution in [3.63, 3.8) is 0 Å². The van der Waals surface area contributed by atoms with Gasteiger partial charge in [-0.3, -0.25) is 4.72 Å². The number of anilines is 1. The predicted molar refractivity (Wildman–Crippen MR) is 86.9 cm³/mol. The molecule has 2 aromatic carbocycles. The number of halogens is 1. The summed E-state index contributed by atoms with van der Waals surface area (Å²) in [6.45, 7) is 0. The second-order valence-electron chi connectivity index (χ2n) is 4.67. The van der Waals surface area contributed by atoms with E-state index >= 15 is 0 Å². The number of hydrogen-bond donors (Lipinski definition) is 2. The number of carbonyl (C=O) groups is 1. The highest BCUT2D eigenvalue weighted by Gasteiger charge is 2.21. The normalized spacial score (nSPS) is 11.4. The summed E-state index contributed by atoms with van der Waals surface area (Å²) in [5.74, 6) is -1.84. The number of hydrogen-bond acceptors (Lipinski definition) is 4. The van der Waals surface area contributed by atoms with E-state index in [1.54, 1.807) is 0 Å². The Bertz CT molecular complexity index is 893. The second-order valence-corrected chi connectivity index (χ2v) is 6.32. The van der Waals surface area contributed by atoms with Crippen molar-refractivity contribution in [1.29, 1.82) is 0 Å². The summed E-state index contributed by atoms with van der Waals surface area (Å²) in [4.78, 5) is 10.3. The summed E-state index contributed by atoms with van der Waals surface area (Å²) in [7, 11) is -2.84. The van der Waals surface area contributed by atoms with Gasteiger partial charge in [-0.1, -0.05) is 18.2 Å². The quantitative estimate of drug-likeness (QED) is 0.781. The molecule has 0 heterocycles. The van der Waals surface area contributed by atoms with Crippen molar-refractivity contribution in [2.24, 2.45) is 0 Å². The van der Waals surface area contributed by atoms with Gasteiger partial charge in [0.2, 0.25) is 0 Å². The van der Waals surface area contributed by atoms with E-state index < -0.39 is 21.8 Å². The second kappa shape index (κ2) is 7.14. The van der Waals surface area contributed by atoms with Crippen molar-refractivity contribution in [3.05, 3.63) is 59.9 Å². The van der Waals surface area contributed by atoms with Gasteiger partial charge in [-0.2, -0.15) is 0 Å². The first-order valence-corrected chi connectivity index (χ1v) is 8.18. The molecule has 126 valence electrons. The molecule has 0 aliphatic carbocycles. The van der Waals surface area contributed by atoms with Crippen molar-refractivity contribution in [2.75, 3.05) is 11.8 Å². The molecule has 0 radical (unpaired) electrons. The van der Waals surface area contributed by atoms with Gasteiger partial charge in [0.25, 0.3) is 10.0 Å². The Morgan fingerprint density at radius 2 is 1.96 bits per heavy atom. The molecule has 2 N–H and O–H groups in total. The molecule has 0 aliphatic rings. The maximum Gasteiger partial charge on any atom is 0.328 e. The van der Waals surface area contributed by atoms with Gasteiger partial charge < -0.3 is 9.84 Å². The van der Waals surface area contributed by atoms with Crippen LogP contribution in [-0.2, 0) is 14.8 Å². The number of nitrogens with one attached hydrogen (secondary N) is 1. The lowest BCUT2D eigenvalue weighted by Gasteiger charge is -2.12. The molecule has 0 aliphatic heterocycles. The molecule has 8 heteroatoms. The lowest BCUT2D eigenvalue weighted by Crippen LogP contribution is -2.15. The molecule has 2 rings (SSSR count). The first kappa shape index (κ1) is 17.5. The molecule has 6 nitrogen and oxygen atoms in total. The predicted octanol–water partition coefficient (Wildman–Crippen LogP) is 2.73. The summed E-state index contributed by atoms with van der Waals surface area (Å²) in [5.41, 5.74) is 0.137. The third kappa shape index (κ3) is 4.11. The molecule has 0 fully saturated rings. The Balaban J connectivity index is 2.46. The number of carboxylic acids is 1. The van der Waals surface area contributed by atoms with E-state index in [9.17, 15) is 17.6 Å². The highest BCUT2D eigenvalue weighted by atomic mass is 32.2. The van der Waals surface area contributed by atoms with Crippen LogP contribution in [-0.4, -0.2) is 26.6 Å². The SMILES string of the molecule is COc1ccc(C=CC(=O)O)cc1S(=O)(=O)Nc1ccccc1F. The zero-order chi connectivity index (χ0) is 17.7. The van der Waals surface area contributed by atoms with Gasteiger partial charge in [0.15, 0.2) is 0 Å². The fourth-order valence-corrected chi connectivity index (χ4v) is 3.19. The van der Waals surface area contributed by atoms with Gasteiger partial charge in [-0.05, 0) is 35.9 Å². The third-order valence-electron chi connectivity index (χ3n) is 3.01. The Labute approximate surface area is 138 Å². The number of carboxylic acid groups (broad SMARTS) is 1. The molecule has 0 atom stereocenters. The summed E-state index contributed by atoms with van der Waals surface area (Å²) < 4.78 is 45.9. The highest BCUT2D eigenvalue weighted by molar-refractivity contribution is 7.92. The van der Waals surface area contributed by atoms with Crippen LogP contribution in [0.25, 0.3) is 6.08 Å². The van der Waals surface area contributed by atoms with E-state index in [0.29, 0.717) is 5.56 Å². The molecule has 0 unspecified atom stereocenters. The Morgan fingerprint density at radius 3 is 2.58 bits per heavy atom. The molecular formula is C16H14FNO5S. The zero-order valence-corrected chi connectivity index (χ0v) is 13.4. The summed E-state index contributed by atoms with van der Waals surface area (Å²) in [6.07, 6.45) is 2.12. The average molecular weight is 351 g/mol. The van der Waals surface area contributed by atoms with Crippen LogP contribution in [0.4, 0.5) is 10.1 Å². The molecule has 24 heavy (non-hydrogen) atoms. The van der Waals surface area contributed by atoms with Gasteiger partial charge in [0.05, 0.1) is 12.8 Å². The van der Waals surface area contributed by atoms with Crippen LogP contribution in [0.15, 0.2) is 53.4 Å². The Hall–Kier alpha value is -2.87. The van der Waals surface area contributed by atoms with Gasteiger partial charge >= 0.3 is 5.97 Å². The molecule has 0 spiro atoms. The molecule has 2 aromatic rings. The van der Waals surface area contributed by atoms with Crippen LogP contribution in [0.3, 0.4) is 0 Å². The number of para-hydroxylation sites is 1. The smallest absolute Gasteiger partial charge is 0.328 e. The summed E-state index contributed by atoms with van der Waals surface area (Å²) in [6, 6.07) is 9.46. The van der Waals surface area contributed by atoms with Crippen LogP contribution in [0.5, 0.6) is 5.75 Å². The van der Waals surface area contributed by atoms with Crippen LogP contribution in [0.1, 0.15) is 5.56 Å². The fraction of sp³-hybridized carbons (Fsp3) is 0.0625. The van der Waals surface area contributed by atoms with Crippen LogP contribution >= 0.6 is 0 Å². The molecular weight excluding hydrogens is 337 g/mol. The van der Waals surface area contributed by atoms with Gasteiger partial charge in [-0.15, -0.1) is 0 Å². The van der Waals surface area contributed by atoms with Crippen LogP contribution in [0, 0.1) is 5.82 Å². The number of sulfonamides is 1. The average Bonchev–Trinajstić information content (AvgIpc) is 2.54. The summed E-state index contributed by atoms with van der Waals surface area (Å²) >= 11 is 0. The van der Waals surface area contributed by atoms with E-state index in [1.807, 2.05) is 0 Å². The Kier molecular flexibility index (Phi) is 5.20. The third-order valence-corrected chi connectivity index (χ3v) is 4.40. The van der Waals surface area contributed by atoms with Crippen molar-refractivity contribution in [1.82, 2.24) is 0 Å². The van der Waals surface area contributed by atoms with E-state index in [-0.39, 0.29) is 16.3 Å². The number of methoxy groups -OCH3 is 1. The lowest BCUT2D eigenvalue weighted by atomic mass is 10.2. The first-order valence-electron chi connectivity index (χ1n) is 6.70. The minimum absolute atomic E-state index is 0.0475.